The quantitative estimate of drug-likeness (QED) is 0.139. The molecule has 0 saturated carbocycles. The number of aromatic nitrogens is 2. The van der Waals surface area contributed by atoms with E-state index < -0.39 is 42.2 Å². The van der Waals surface area contributed by atoms with Crippen molar-refractivity contribution in [3.63, 3.8) is 0 Å². The normalized spacial score (nSPS) is 19.5. The maximum absolute atomic E-state index is 12.9. The van der Waals surface area contributed by atoms with E-state index in [2.05, 4.69) is 20.3 Å². The number of carboxylic acid groups (broad SMARTS) is 1. The second-order valence-corrected chi connectivity index (χ2v) is 10.9. The van der Waals surface area contributed by atoms with Gasteiger partial charge in [-0.25, -0.2) is 9.55 Å². The number of nitrogen functional groups attached to an aromatic ring is 1. The largest absolute Gasteiger partial charge is 0.543 e. The lowest BCUT2D eigenvalue weighted by atomic mass is 9.94. The average Bonchev–Trinajstić information content (AvgIpc) is 3.26. The van der Waals surface area contributed by atoms with Crippen molar-refractivity contribution in [1.82, 2.24) is 15.2 Å². The molecule has 0 bridgehead atoms. The number of alkyl halides is 2. The molecule has 0 aliphatic carbocycles. The summed E-state index contributed by atoms with van der Waals surface area (Å²) in [6, 6.07) is 0.133. The first-order valence-electron chi connectivity index (χ1n) is 10.6. The SMILES string of the molecule is Cc1c[n+](C)ccc1SCC1=C(C(=O)[O-])N2C(=O)C(NC(=O)C(=NOC(F)F)c3csc(N)n3)C2CS1. The van der Waals surface area contributed by atoms with Crippen molar-refractivity contribution in [2.45, 2.75) is 30.5 Å². The molecule has 3 N–H and O–H groups in total. The Morgan fingerprint density at radius 2 is 2.24 bits per heavy atom. The van der Waals surface area contributed by atoms with E-state index in [1.807, 2.05) is 37.0 Å². The third-order valence-electron chi connectivity index (χ3n) is 5.44. The Bertz CT molecular complexity index is 1320. The minimum atomic E-state index is -3.29. The van der Waals surface area contributed by atoms with Crippen LogP contribution in [0.2, 0.25) is 0 Å². The van der Waals surface area contributed by atoms with Gasteiger partial charge in [-0.1, -0.05) is 5.16 Å². The van der Waals surface area contributed by atoms with Crippen molar-refractivity contribution >= 4 is 63.5 Å². The van der Waals surface area contributed by atoms with Gasteiger partial charge in [-0.05, 0) is 6.92 Å². The highest BCUT2D eigenvalue weighted by Gasteiger charge is 2.52. The number of aryl methyl sites for hydroxylation is 2. The molecule has 4 rings (SSSR count). The number of rotatable bonds is 9. The summed E-state index contributed by atoms with van der Waals surface area (Å²) >= 11 is 3.64. The van der Waals surface area contributed by atoms with E-state index in [0.717, 1.165) is 26.7 Å². The second-order valence-electron chi connectivity index (χ2n) is 7.92. The van der Waals surface area contributed by atoms with Gasteiger partial charge < -0.3 is 30.7 Å². The molecule has 1 fully saturated rings. The highest BCUT2D eigenvalue weighted by molar-refractivity contribution is 8.06. The lowest BCUT2D eigenvalue weighted by Crippen LogP contribution is -2.73. The number of carboxylic acids is 1. The molecule has 2 aromatic heterocycles. The zero-order chi connectivity index (χ0) is 26.9. The van der Waals surface area contributed by atoms with Crippen molar-refractivity contribution < 1.29 is 37.7 Å². The van der Waals surface area contributed by atoms with Crippen LogP contribution < -0.4 is 20.7 Å². The molecule has 2 atom stereocenters. The van der Waals surface area contributed by atoms with Crippen LogP contribution in [0.4, 0.5) is 13.9 Å². The van der Waals surface area contributed by atoms with Gasteiger partial charge in [0.15, 0.2) is 23.2 Å². The van der Waals surface area contributed by atoms with E-state index in [0.29, 0.717) is 16.4 Å². The van der Waals surface area contributed by atoms with E-state index in [4.69, 9.17) is 5.73 Å². The number of carbonyl (C=O) groups is 3. The number of nitrogens with one attached hydrogen (secondary N) is 1. The molecular formula is C21H20F2N6O5S3. The summed E-state index contributed by atoms with van der Waals surface area (Å²) in [6.45, 7) is -1.35. The molecule has 2 amide bonds. The molecule has 0 spiro atoms. The van der Waals surface area contributed by atoms with Crippen LogP contribution in [0.5, 0.6) is 0 Å². The number of fused-ring (bicyclic) bond motifs is 1. The number of aliphatic carboxylic acids is 1. The predicted octanol–water partition coefficient (Wildman–Crippen LogP) is -0.00228. The monoisotopic (exact) mass is 570 g/mol. The first kappa shape index (κ1) is 26.8. The number of pyridine rings is 1. The minimum Gasteiger partial charge on any atom is -0.543 e. The van der Waals surface area contributed by atoms with Crippen molar-refractivity contribution in [2.75, 3.05) is 17.2 Å². The third-order valence-corrected chi connectivity index (χ3v) is 8.70. The van der Waals surface area contributed by atoms with Gasteiger partial charge in [-0.3, -0.25) is 9.59 Å². The van der Waals surface area contributed by atoms with Crippen LogP contribution in [-0.2, 0) is 26.3 Å². The van der Waals surface area contributed by atoms with E-state index in [1.165, 1.54) is 28.9 Å². The van der Waals surface area contributed by atoms with E-state index in [9.17, 15) is 28.3 Å². The molecular weight excluding hydrogens is 550 g/mol. The molecule has 4 heterocycles. The van der Waals surface area contributed by atoms with Crippen LogP contribution in [0.1, 0.15) is 11.3 Å². The molecule has 0 radical (unpaired) electrons. The molecule has 2 aromatic rings. The number of oxime groups is 1. The smallest absolute Gasteiger partial charge is 0.407 e. The number of hydrogen-bond acceptors (Lipinski definition) is 11. The van der Waals surface area contributed by atoms with E-state index in [-0.39, 0.29) is 16.5 Å². The Labute approximate surface area is 221 Å². The van der Waals surface area contributed by atoms with Crippen LogP contribution in [0, 0.1) is 6.92 Å². The van der Waals surface area contributed by atoms with Crippen molar-refractivity contribution in [3.05, 3.63) is 45.7 Å². The van der Waals surface area contributed by atoms with Crippen LogP contribution in [0.3, 0.4) is 0 Å². The molecule has 2 aliphatic rings. The van der Waals surface area contributed by atoms with Gasteiger partial charge in [0.1, 0.15) is 18.8 Å². The molecule has 16 heteroatoms. The summed E-state index contributed by atoms with van der Waals surface area (Å²) < 4.78 is 27.0. The Morgan fingerprint density at radius 1 is 1.49 bits per heavy atom. The fourth-order valence-corrected chi connectivity index (χ4v) is 6.75. The van der Waals surface area contributed by atoms with Crippen molar-refractivity contribution in [1.29, 1.82) is 0 Å². The lowest BCUT2D eigenvalue weighted by molar-refractivity contribution is -0.672. The van der Waals surface area contributed by atoms with Gasteiger partial charge >= 0.3 is 6.61 Å². The summed E-state index contributed by atoms with van der Waals surface area (Å²) in [4.78, 5) is 48.0. The van der Waals surface area contributed by atoms with Gasteiger partial charge in [0, 0.05) is 38.3 Å². The summed E-state index contributed by atoms with van der Waals surface area (Å²) in [7, 11) is 1.90. The first-order chi connectivity index (χ1) is 17.6. The van der Waals surface area contributed by atoms with Crippen LogP contribution in [-0.4, -0.2) is 63.6 Å². The molecule has 2 aliphatic heterocycles. The van der Waals surface area contributed by atoms with Crippen molar-refractivity contribution in [2.24, 2.45) is 12.2 Å². The number of carbonyl (C=O) groups excluding carboxylic acids is 3. The molecule has 1 saturated heterocycles. The number of β-lactam (4-membered cyclic amide) rings is 1. The predicted molar refractivity (Wildman–Crippen MR) is 130 cm³/mol. The number of halogens is 2. The number of nitrogens with zero attached hydrogens (tertiary/aromatic N) is 4. The number of amides is 2. The molecule has 196 valence electrons. The highest BCUT2D eigenvalue weighted by Crippen LogP contribution is 2.41. The molecule has 2 unspecified atom stereocenters. The number of hydrogen-bond donors (Lipinski definition) is 2. The van der Waals surface area contributed by atoms with Gasteiger partial charge in [0.2, 0.25) is 0 Å². The first-order valence-corrected chi connectivity index (χ1v) is 13.4. The fraction of sp³-hybridized carbons (Fsp3) is 0.333. The maximum atomic E-state index is 12.9. The summed E-state index contributed by atoms with van der Waals surface area (Å²) in [6.07, 6.45) is 3.82. The lowest BCUT2D eigenvalue weighted by Gasteiger charge is -2.51. The molecule has 0 aromatic carbocycles. The van der Waals surface area contributed by atoms with Crippen LogP contribution >= 0.6 is 34.9 Å². The van der Waals surface area contributed by atoms with Gasteiger partial charge in [0.05, 0.1) is 17.7 Å². The van der Waals surface area contributed by atoms with Crippen LogP contribution in [0.15, 0.2) is 44.5 Å². The topological polar surface area (TPSA) is 154 Å². The standard InChI is InChI=1S/C21H20F2N6O5S3/c1-9-5-28(2)4-3-12(9)36-8-13-16(19(32)33)29-11(7-35-13)15(18(29)31)26-17(30)14(27-34-20(22)23)10-6-37-21(24)25-10/h3-6,11,15,20H,7-8H2,1-2H3,(H3-,24,25,26,30,32,33). The number of thiazole rings is 1. The van der Waals surface area contributed by atoms with Crippen molar-refractivity contribution in [3.8, 4) is 0 Å². The van der Waals surface area contributed by atoms with Gasteiger partial charge in [-0.15, -0.1) is 34.9 Å². The Kier molecular flexibility index (Phi) is 7.99. The zero-order valence-corrected chi connectivity index (χ0v) is 21.8. The number of nitrogens with two attached hydrogens (primary N) is 1. The Hall–Kier alpha value is -3.24. The molecule has 37 heavy (non-hydrogen) atoms. The Balaban J connectivity index is 1.50. The summed E-state index contributed by atoms with van der Waals surface area (Å²) in [5, 5.41) is 19.0. The molecule has 11 nitrogen and oxygen atoms in total. The highest BCUT2D eigenvalue weighted by atomic mass is 32.2. The van der Waals surface area contributed by atoms with E-state index >= 15 is 0 Å². The average molecular weight is 571 g/mol. The fourth-order valence-electron chi connectivity index (χ4n) is 3.80. The Morgan fingerprint density at radius 3 is 2.86 bits per heavy atom. The summed E-state index contributed by atoms with van der Waals surface area (Å²) in [5.74, 6) is -2.57. The maximum Gasteiger partial charge on any atom is 0.407 e. The number of thioether (sulfide) groups is 2. The van der Waals surface area contributed by atoms with E-state index in [1.54, 1.807) is 0 Å². The zero-order valence-electron chi connectivity index (χ0n) is 19.3. The summed E-state index contributed by atoms with van der Waals surface area (Å²) in [5.41, 5.74) is 5.62. The third kappa shape index (κ3) is 5.70. The minimum absolute atomic E-state index is 0.0656. The second kappa shape index (κ2) is 11.0. The van der Waals surface area contributed by atoms with Crippen LogP contribution in [0.25, 0.3) is 0 Å². The van der Waals surface area contributed by atoms with Gasteiger partial charge in [0.25, 0.3) is 11.8 Å². The van der Waals surface area contributed by atoms with Gasteiger partial charge in [-0.2, -0.15) is 8.78 Å². The number of anilines is 1.